The van der Waals surface area contributed by atoms with Crippen molar-refractivity contribution in [3.05, 3.63) is 52.1 Å². The maximum absolute atomic E-state index is 14.4. The molecule has 1 aromatic carbocycles. The second-order valence-corrected chi connectivity index (χ2v) is 17.6. The maximum Gasteiger partial charge on any atom is 0.308 e. The molecule has 0 radical (unpaired) electrons. The van der Waals surface area contributed by atoms with Gasteiger partial charge in [-0.2, -0.15) is 0 Å². The van der Waals surface area contributed by atoms with E-state index in [1.165, 1.54) is 25.4 Å². The number of rotatable bonds is 21. The Kier molecular flexibility index (Phi) is 17.9. The second-order valence-electron chi connectivity index (χ2n) is 16.8. The van der Waals surface area contributed by atoms with Gasteiger partial charge < -0.3 is 29.6 Å². The summed E-state index contributed by atoms with van der Waals surface area (Å²) in [5.41, 5.74) is 2.27. The Labute approximate surface area is 355 Å². The zero-order chi connectivity index (χ0) is 43.4. The molecule has 0 bridgehead atoms. The number of piperidine rings is 1. The molecule has 3 amide bonds. The molecule has 14 heteroatoms. The first-order valence-electron chi connectivity index (χ1n) is 21.4. The molecular formula is C45H68N6O7S. The van der Waals surface area contributed by atoms with Gasteiger partial charge in [-0.3, -0.25) is 28.9 Å². The number of unbranched alkanes of at least 4 members (excludes halogenated alkanes) is 1. The fourth-order valence-corrected chi connectivity index (χ4v) is 9.14. The van der Waals surface area contributed by atoms with Gasteiger partial charge >= 0.3 is 11.9 Å². The molecule has 1 saturated heterocycles. The molecule has 2 N–H and O–H groups in total. The van der Waals surface area contributed by atoms with Crippen LogP contribution in [0.25, 0.3) is 10.9 Å². The predicted octanol–water partition coefficient (Wildman–Crippen LogP) is 6.84. The average Bonchev–Trinajstić information content (AvgIpc) is 3.84. The smallest absolute Gasteiger partial charge is 0.308 e. The van der Waals surface area contributed by atoms with E-state index >= 15 is 0 Å². The first-order chi connectivity index (χ1) is 28.1. The lowest BCUT2D eigenvalue weighted by molar-refractivity contribution is -0.149. The predicted molar refractivity (Wildman–Crippen MR) is 232 cm³/mol. The summed E-state index contributed by atoms with van der Waals surface area (Å²) in [5.74, 6) is -2.20. The number of likely N-dealkylation sites (tertiary alicyclic amines) is 1. The molecule has 0 unspecified atom stereocenters. The van der Waals surface area contributed by atoms with Crippen molar-refractivity contribution in [2.45, 2.75) is 137 Å². The molecule has 0 saturated carbocycles. The highest BCUT2D eigenvalue weighted by Crippen LogP contribution is 2.32. The van der Waals surface area contributed by atoms with E-state index in [4.69, 9.17) is 9.47 Å². The van der Waals surface area contributed by atoms with Gasteiger partial charge in [0.15, 0.2) is 6.10 Å². The molecule has 3 heterocycles. The summed E-state index contributed by atoms with van der Waals surface area (Å²) in [7, 11) is 5.08. The van der Waals surface area contributed by atoms with Gasteiger partial charge in [0.25, 0.3) is 5.91 Å². The summed E-state index contributed by atoms with van der Waals surface area (Å²) < 4.78 is 12.9. The lowest BCUT2D eigenvalue weighted by Crippen LogP contribution is -2.58. The van der Waals surface area contributed by atoms with Crippen molar-refractivity contribution in [2.24, 2.45) is 24.8 Å². The first-order valence-corrected chi connectivity index (χ1v) is 22.3. The summed E-state index contributed by atoms with van der Waals surface area (Å²) >= 11 is 1.21. The Bertz CT molecular complexity index is 1880. The Morgan fingerprint density at radius 2 is 1.76 bits per heavy atom. The molecule has 0 aliphatic carbocycles. The third kappa shape index (κ3) is 12.6. The van der Waals surface area contributed by atoms with Crippen LogP contribution in [0.3, 0.4) is 0 Å². The van der Waals surface area contributed by atoms with Crippen molar-refractivity contribution in [3.63, 3.8) is 0 Å². The molecular weight excluding hydrogens is 769 g/mol. The topological polar surface area (TPSA) is 152 Å². The minimum absolute atomic E-state index is 0.0486. The van der Waals surface area contributed by atoms with Crippen LogP contribution in [0.2, 0.25) is 0 Å². The normalized spacial score (nSPS) is 17.7. The number of benzene rings is 1. The number of para-hydroxylation sites is 1. The summed E-state index contributed by atoms with van der Waals surface area (Å²) in [6.45, 7) is 15.0. The number of methoxy groups -OCH3 is 1. The highest BCUT2D eigenvalue weighted by atomic mass is 32.1. The van der Waals surface area contributed by atoms with E-state index in [9.17, 15) is 24.0 Å². The van der Waals surface area contributed by atoms with Gasteiger partial charge in [0, 0.05) is 62.0 Å². The number of carbonyl (C=O) groups excluding carboxylic acids is 5. The minimum Gasteiger partial charge on any atom is -0.469 e. The van der Waals surface area contributed by atoms with E-state index in [2.05, 4.69) is 27.4 Å². The number of likely N-dealkylation sites (N-methyl/N-ethyl adjacent to an activating group) is 1. The summed E-state index contributed by atoms with van der Waals surface area (Å²) in [5, 5.41) is 9.44. The Morgan fingerprint density at radius 1 is 1.03 bits per heavy atom. The molecule has 2 aromatic heterocycles. The minimum atomic E-state index is -0.835. The number of aryl methyl sites for hydroxylation is 1. The van der Waals surface area contributed by atoms with E-state index in [-0.39, 0.29) is 47.8 Å². The van der Waals surface area contributed by atoms with E-state index in [0.717, 1.165) is 61.7 Å². The van der Waals surface area contributed by atoms with Crippen LogP contribution in [0.5, 0.6) is 0 Å². The number of thiazole rings is 1. The molecule has 1 aliphatic rings. The van der Waals surface area contributed by atoms with Gasteiger partial charge in [-0.25, -0.2) is 4.98 Å². The highest BCUT2D eigenvalue weighted by molar-refractivity contribution is 7.09. The fourth-order valence-electron chi connectivity index (χ4n) is 8.30. The Morgan fingerprint density at radius 3 is 2.42 bits per heavy atom. The van der Waals surface area contributed by atoms with Crippen molar-refractivity contribution in [1.82, 2.24) is 30.0 Å². The van der Waals surface area contributed by atoms with Gasteiger partial charge in [-0.05, 0) is 68.7 Å². The first kappa shape index (κ1) is 47.4. The van der Waals surface area contributed by atoms with Crippen molar-refractivity contribution in [1.29, 1.82) is 0 Å². The van der Waals surface area contributed by atoms with Crippen LogP contribution in [0, 0.1) is 17.8 Å². The van der Waals surface area contributed by atoms with Crippen molar-refractivity contribution < 1.29 is 33.4 Å². The third-order valence-corrected chi connectivity index (χ3v) is 12.9. The number of ether oxygens (including phenoxy) is 2. The average molecular weight is 837 g/mol. The summed E-state index contributed by atoms with van der Waals surface area (Å²) in [4.78, 5) is 75.8. The van der Waals surface area contributed by atoms with Crippen LogP contribution >= 0.6 is 11.3 Å². The zero-order valence-electron chi connectivity index (χ0n) is 36.9. The van der Waals surface area contributed by atoms with Crippen LogP contribution in [0.15, 0.2) is 35.8 Å². The second kappa shape index (κ2) is 22.3. The van der Waals surface area contributed by atoms with Gasteiger partial charge in [0.1, 0.15) is 16.7 Å². The van der Waals surface area contributed by atoms with E-state index in [1.807, 2.05) is 69.8 Å². The van der Waals surface area contributed by atoms with E-state index in [0.29, 0.717) is 24.3 Å². The number of esters is 2. The molecule has 4 rings (SSSR count). The fraction of sp³-hybridized carbons (Fsp3) is 0.644. The number of hydrogen-bond donors (Lipinski definition) is 2. The van der Waals surface area contributed by atoms with Crippen molar-refractivity contribution in [2.75, 3.05) is 27.2 Å². The van der Waals surface area contributed by atoms with Crippen LogP contribution in [-0.2, 0) is 42.1 Å². The molecule has 1 fully saturated rings. The molecule has 13 nitrogen and oxygen atoms in total. The van der Waals surface area contributed by atoms with Crippen molar-refractivity contribution >= 4 is 51.9 Å². The van der Waals surface area contributed by atoms with Crippen LogP contribution < -0.4 is 10.6 Å². The number of hydrogen-bond acceptors (Lipinski definition) is 10. The van der Waals surface area contributed by atoms with E-state index in [1.54, 1.807) is 24.3 Å². The van der Waals surface area contributed by atoms with Gasteiger partial charge in [0.2, 0.25) is 11.8 Å². The van der Waals surface area contributed by atoms with Crippen LogP contribution in [0.1, 0.15) is 127 Å². The molecule has 0 spiro atoms. The van der Waals surface area contributed by atoms with Crippen LogP contribution in [-0.4, -0.2) is 100 Å². The number of nitrogens with one attached hydrogen (secondary N) is 2. The molecule has 1 aliphatic heterocycles. The molecule has 7 atom stereocenters. The van der Waals surface area contributed by atoms with Gasteiger partial charge in [-0.15, -0.1) is 11.3 Å². The maximum atomic E-state index is 14.4. The standard InChI is InChI=1S/C45H68N6O7S/c1-11-13-21-51-22-17-16-20-37(51)42(54)48-40(29(5)12-2)44(55)50(9)38(28(3)4)25-39(58-31(7)52)43-47-35(27-59-43)41(53)46-33(23-30(6)45(56)57-10)24-32-26-49(8)36-19-15-14-18-34(32)36/h14-15,18-19,26-30,33,37-40H,11-13,16-17,20-25H2,1-10H3,(H,46,53)(H,48,54)/t29-,30-,33+,37+,38+,39+,40-/m0/s1. The zero-order valence-corrected chi connectivity index (χ0v) is 37.7. The molecule has 59 heavy (non-hydrogen) atoms. The van der Waals surface area contributed by atoms with E-state index < -0.39 is 42.0 Å². The number of amides is 3. The monoisotopic (exact) mass is 836 g/mol. The van der Waals surface area contributed by atoms with Crippen LogP contribution in [0.4, 0.5) is 0 Å². The SMILES string of the molecule is CCCCN1CCCC[C@@H]1C(=O)N[C@H](C(=O)N(C)[C@H](C[C@@H](OC(C)=O)c1nc(C(=O)N[C@@H](Cc2cn(C)c3ccccc23)C[C@H](C)C(=O)OC)cs1)C(C)C)[C@@H](C)CC. The summed E-state index contributed by atoms with van der Waals surface area (Å²) in [6, 6.07) is 6.26. The number of aromatic nitrogens is 2. The highest BCUT2D eigenvalue weighted by Gasteiger charge is 2.38. The quantitative estimate of drug-likeness (QED) is 0.110. The summed E-state index contributed by atoms with van der Waals surface area (Å²) in [6.07, 6.45) is 7.87. The Hall–Kier alpha value is -4.30. The lowest BCUT2D eigenvalue weighted by atomic mass is 9.92. The molecule has 326 valence electrons. The number of carbonyl (C=O) groups is 5. The largest absolute Gasteiger partial charge is 0.469 e. The van der Waals surface area contributed by atoms with Gasteiger partial charge in [0.05, 0.1) is 19.1 Å². The molecule has 3 aromatic rings. The number of fused-ring (bicyclic) bond motifs is 1. The van der Waals surface area contributed by atoms with Crippen molar-refractivity contribution in [3.8, 4) is 0 Å². The third-order valence-electron chi connectivity index (χ3n) is 11.9. The van der Waals surface area contributed by atoms with Gasteiger partial charge in [-0.1, -0.05) is 79.0 Å². The lowest BCUT2D eigenvalue weighted by Gasteiger charge is -2.39. The Balaban J connectivity index is 1.54. The number of nitrogens with zero attached hydrogens (tertiary/aromatic N) is 4.